The van der Waals surface area contributed by atoms with Crippen LogP contribution in [-0.2, 0) is 9.59 Å². The standard InChI is InChI=1S/C28H33N3O4/c1-3-35-24-15-11-22(12-16-24)29-26(32)19-25-27(33)31(23-13-9-20(2)10-14-23)28(34)30(25)18-17-21-7-5-4-6-8-21/h7,9-16,25H,3-6,8,17-19H2,1-2H3,(H,29,32)/t25-/m1/s1. The number of hydrogen-bond acceptors (Lipinski definition) is 4. The van der Waals surface area contributed by atoms with Gasteiger partial charge in [-0.1, -0.05) is 29.3 Å². The van der Waals surface area contributed by atoms with Gasteiger partial charge in [0.05, 0.1) is 18.7 Å². The summed E-state index contributed by atoms with van der Waals surface area (Å²) in [4.78, 5) is 42.5. The molecule has 1 N–H and O–H groups in total. The highest BCUT2D eigenvalue weighted by atomic mass is 16.5. The number of nitrogens with zero attached hydrogens (tertiary/aromatic N) is 2. The van der Waals surface area contributed by atoms with E-state index in [0.717, 1.165) is 37.0 Å². The summed E-state index contributed by atoms with van der Waals surface area (Å²) in [5.41, 5.74) is 3.51. The summed E-state index contributed by atoms with van der Waals surface area (Å²) in [7, 11) is 0. The topological polar surface area (TPSA) is 79.0 Å². The van der Waals surface area contributed by atoms with Crippen molar-refractivity contribution < 1.29 is 19.1 Å². The van der Waals surface area contributed by atoms with E-state index < -0.39 is 6.04 Å². The summed E-state index contributed by atoms with van der Waals surface area (Å²) < 4.78 is 5.44. The molecule has 7 nitrogen and oxygen atoms in total. The van der Waals surface area contributed by atoms with E-state index >= 15 is 0 Å². The van der Waals surface area contributed by atoms with Crippen molar-refractivity contribution in [1.29, 1.82) is 0 Å². The van der Waals surface area contributed by atoms with Gasteiger partial charge < -0.3 is 15.0 Å². The molecule has 0 unspecified atom stereocenters. The Morgan fingerprint density at radius 3 is 2.46 bits per heavy atom. The molecule has 1 heterocycles. The number of carbonyl (C=O) groups excluding carboxylic acids is 3. The van der Waals surface area contributed by atoms with E-state index in [1.807, 2.05) is 26.0 Å². The highest BCUT2D eigenvalue weighted by Crippen LogP contribution is 2.29. The van der Waals surface area contributed by atoms with E-state index in [1.165, 1.54) is 16.9 Å². The molecule has 2 aliphatic rings. The maximum atomic E-state index is 13.4. The van der Waals surface area contributed by atoms with Gasteiger partial charge in [-0.3, -0.25) is 9.59 Å². The van der Waals surface area contributed by atoms with Crippen LogP contribution in [0.5, 0.6) is 5.75 Å². The van der Waals surface area contributed by atoms with E-state index in [2.05, 4.69) is 11.4 Å². The summed E-state index contributed by atoms with van der Waals surface area (Å²) in [6.45, 7) is 4.84. The van der Waals surface area contributed by atoms with Gasteiger partial charge in [-0.05, 0) is 82.3 Å². The monoisotopic (exact) mass is 475 g/mol. The van der Waals surface area contributed by atoms with Crippen molar-refractivity contribution in [3.63, 3.8) is 0 Å². The second-order valence-corrected chi connectivity index (χ2v) is 9.07. The van der Waals surface area contributed by atoms with Crippen LogP contribution in [0, 0.1) is 6.92 Å². The molecule has 0 bridgehead atoms. The average Bonchev–Trinajstić information content (AvgIpc) is 3.09. The summed E-state index contributed by atoms with van der Waals surface area (Å²) >= 11 is 0. The molecule has 1 atom stereocenters. The first kappa shape index (κ1) is 24.5. The molecular formula is C28H33N3O4. The predicted molar refractivity (Wildman–Crippen MR) is 137 cm³/mol. The Hall–Kier alpha value is -3.61. The van der Waals surface area contributed by atoms with Crippen LogP contribution in [0.25, 0.3) is 0 Å². The van der Waals surface area contributed by atoms with Crippen molar-refractivity contribution in [2.75, 3.05) is 23.4 Å². The molecule has 0 aromatic heterocycles. The molecule has 1 fully saturated rings. The van der Waals surface area contributed by atoms with E-state index in [9.17, 15) is 14.4 Å². The molecule has 2 aromatic rings. The number of carbonyl (C=O) groups is 3. The van der Waals surface area contributed by atoms with Crippen molar-refractivity contribution in [2.24, 2.45) is 0 Å². The normalized spacial score (nSPS) is 18.0. The first-order chi connectivity index (χ1) is 17.0. The molecule has 35 heavy (non-hydrogen) atoms. The lowest BCUT2D eigenvalue weighted by molar-refractivity contribution is -0.124. The van der Waals surface area contributed by atoms with Crippen LogP contribution in [0.1, 0.15) is 51.0 Å². The van der Waals surface area contributed by atoms with Crippen molar-refractivity contribution in [1.82, 2.24) is 4.90 Å². The lowest BCUT2D eigenvalue weighted by atomic mass is 9.97. The van der Waals surface area contributed by atoms with Gasteiger partial charge in [0.1, 0.15) is 11.8 Å². The Morgan fingerprint density at radius 2 is 1.80 bits per heavy atom. The Morgan fingerprint density at radius 1 is 1.06 bits per heavy atom. The number of nitrogens with one attached hydrogen (secondary N) is 1. The minimum Gasteiger partial charge on any atom is -0.494 e. The van der Waals surface area contributed by atoms with Gasteiger partial charge in [0, 0.05) is 12.2 Å². The summed E-state index contributed by atoms with van der Waals surface area (Å²) in [5, 5.41) is 2.85. The maximum Gasteiger partial charge on any atom is 0.332 e. The fraction of sp³-hybridized carbons (Fsp3) is 0.393. The fourth-order valence-corrected chi connectivity index (χ4v) is 4.60. The number of hydrogen-bond donors (Lipinski definition) is 1. The third-order valence-electron chi connectivity index (χ3n) is 6.50. The Labute approximate surface area is 206 Å². The summed E-state index contributed by atoms with van der Waals surface area (Å²) in [5.74, 6) is 0.0465. The third kappa shape index (κ3) is 5.91. The SMILES string of the molecule is CCOc1ccc(NC(=O)C[C@@H]2C(=O)N(c3ccc(C)cc3)C(=O)N2CCC2=CCCCC2)cc1. The molecular weight excluding hydrogens is 442 g/mol. The van der Waals surface area contributed by atoms with Crippen LogP contribution < -0.4 is 15.0 Å². The number of ether oxygens (including phenoxy) is 1. The first-order valence-corrected chi connectivity index (χ1v) is 12.4. The minimum atomic E-state index is -0.837. The smallest absolute Gasteiger partial charge is 0.332 e. The molecule has 0 radical (unpaired) electrons. The van der Waals surface area contributed by atoms with Gasteiger partial charge in [-0.25, -0.2) is 9.69 Å². The van der Waals surface area contributed by atoms with Gasteiger partial charge in [0.25, 0.3) is 5.91 Å². The third-order valence-corrected chi connectivity index (χ3v) is 6.50. The van der Waals surface area contributed by atoms with Crippen LogP contribution >= 0.6 is 0 Å². The molecule has 7 heteroatoms. The van der Waals surface area contributed by atoms with Crippen molar-refractivity contribution in [2.45, 2.75) is 58.4 Å². The van der Waals surface area contributed by atoms with Crippen LogP contribution in [0.4, 0.5) is 16.2 Å². The molecule has 4 amide bonds. The molecule has 1 saturated heterocycles. The zero-order valence-corrected chi connectivity index (χ0v) is 20.5. The first-order valence-electron chi connectivity index (χ1n) is 12.4. The molecule has 1 aliphatic heterocycles. The number of urea groups is 1. The molecule has 2 aromatic carbocycles. The van der Waals surface area contributed by atoms with Gasteiger partial charge in [0.15, 0.2) is 0 Å². The van der Waals surface area contributed by atoms with Crippen molar-refractivity contribution >= 4 is 29.2 Å². The van der Waals surface area contributed by atoms with Crippen LogP contribution in [0.15, 0.2) is 60.2 Å². The Bertz CT molecular complexity index is 1090. The van der Waals surface area contributed by atoms with Gasteiger partial charge in [0.2, 0.25) is 5.91 Å². The zero-order chi connectivity index (χ0) is 24.8. The number of imide groups is 1. The maximum absolute atomic E-state index is 13.4. The second-order valence-electron chi connectivity index (χ2n) is 9.07. The molecule has 0 saturated carbocycles. The summed E-state index contributed by atoms with van der Waals surface area (Å²) in [6.07, 6.45) is 7.31. The number of aryl methyl sites for hydroxylation is 1. The Kier molecular flexibility index (Phi) is 7.85. The highest BCUT2D eigenvalue weighted by molar-refractivity contribution is 6.22. The van der Waals surface area contributed by atoms with Crippen molar-refractivity contribution in [3.8, 4) is 5.75 Å². The van der Waals surface area contributed by atoms with E-state index in [0.29, 0.717) is 24.5 Å². The molecule has 184 valence electrons. The molecule has 0 spiro atoms. The average molecular weight is 476 g/mol. The van der Waals surface area contributed by atoms with Crippen LogP contribution in [0.2, 0.25) is 0 Å². The Balaban J connectivity index is 1.50. The second kappa shape index (κ2) is 11.2. The van der Waals surface area contributed by atoms with Gasteiger partial charge in [-0.15, -0.1) is 0 Å². The number of rotatable bonds is 9. The quantitative estimate of drug-likeness (QED) is 0.386. The number of anilines is 2. The van der Waals surface area contributed by atoms with E-state index in [-0.39, 0.29) is 24.3 Å². The predicted octanol–water partition coefficient (Wildman–Crippen LogP) is 5.45. The van der Waals surface area contributed by atoms with Crippen molar-refractivity contribution in [3.05, 3.63) is 65.7 Å². The lowest BCUT2D eigenvalue weighted by Gasteiger charge is -2.23. The van der Waals surface area contributed by atoms with Gasteiger partial charge in [-0.2, -0.15) is 0 Å². The zero-order valence-electron chi connectivity index (χ0n) is 20.5. The molecule has 1 aliphatic carbocycles. The summed E-state index contributed by atoms with van der Waals surface area (Å²) in [6, 6.07) is 13.2. The largest absolute Gasteiger partial charge is 0.494 e. The van der Waals surface area contributed by atoms with Gasteiger partial charge >= 0.3 is 6.03 Å². The van der Waals surface area contributed by atoms with Crippen LogP contribution in [0.3, 0.4) is 0 Å². The minimum absolute atomic E-state index is 0.0980. The lowest BCUT2D eigenvalue weighted by Crippen LogP contribution is -2.38. The fourth-order valence-electron chi connectivity index (χ4n) is 4.60. The van der Waals surface area contributed by atoms with E-state index in [4.69, 9.17) is 4.74 Å². The highest BCUT2D eigenvalue weighted by Gasteiger charge is 2.46. The number of allylic oxidation sites excluding steroid dienone is 1. The number of benzene rings is 2. The van der Waals surface area contributed by atoms with E-state index in [1.54, 1.807) is 41.3 Å². The molecule has 4 rings (SSSR count). The van der Waals surface area contributed by atoms with Crippen LogP contribution in [-0.4, -0.2) is 41.9 Å². The number of amides is 4.